The number of hydrogen-bond acceptors (Lipinski definition) is 9. The molecule has 1 saturated heterocycles. The fraction of sp³-hybridized carbons (Fsp3) is 0.923. The van der Waals surface area contributed by atoms with Crippen molar-refractivity contribution in [3.05, 3.63) is 0 Å². The standard InChI is InChI=1S/C13H26N2O6S2/c14-9(15-2-5-22-4-1-3-16)7-23-13-12(20)11(19)10(18)8(6-17)21-13/h8,10-13,16-20H,1-7H2,(H2,14,15)/t8-,10-,11+,12+,13?/m1/s1. The van der Waals surface area contributed by atoms with Crippen molar-refractivity contribution in [1.82, 2.24) is 0 Å². The van der Waals surface area contributed by atoms with Crippen molar-refractivity contribution in [1.29, 1.82) is 0 Å². The number of nitrogens with two attached hydrogens (primary N) is 1. The Morgan fingerprint density at radius 3 is 2.48 bits per heavy atom. The molecular weight excluding hydrogens is 344 g/mol. The van der Waals surface area contributed by atoms with E-state index in [0.29, 0.717) is 18.1 Å². The first-order chi connectivity index (χ1) is 11.0. The smallest absolute Gasteiger partial charge is 0.132 e. The summed E-state index contributed by atoms with van der Waals surface area (Å²) >= 11 is 2.85. The van der Waals surface area contributed by atoms with Crippen molar-refractivity contribution in [3.8, 4) is 0 Å². The van der Waals surface area contributed by atoms with Crippen LogP contribution in [0.15, 0.2) is 4.99 Å². The van der Waals surface area contributed by atoms with Crippen molar-refractivity contribution in [3.63, 3.8) is 0 Å². The van der Waals surface area contributed by atoms with Crippen molar-refractivity contribution < 1.29 is 30.3 Å². The average molecular weight is 370 g/mol. The molecule has 0 aromatic heterocycles. The van der Waals surface area contributed by atoms with Crippen LogP contribution in [-0.2, 0) is 4.74 Å². The first-order valence-electron chi connectivity index (χ1n) is 7.40. The largest absolute Gasteiger partial charge is 0.396 e. The van der Waals surface area contributed by atoms with E-state index in [1.54, 1.807) is 11.8 Å². The molecule has 0 spiro atoms. The van der Waals surface area contributed by atoms with E-state index in [0.717, 1.165) is 29.7 Å². The molecule has 136 valence electrons. The number of aliphatic hydroxyl groups excluding tert-OH is 5. The van der Waals surface area contributed by atoms with Gasteiger partial charge in [-0.3, -0.25) is 4.99 Å². The van der Waals surface area contributed by atoms with Crippen LogP contribution >= 0.6 is 23.5 Å². The van der Waals surface area contributed by atoms with Crippen LogP contribution in [0.3, 0.4) is 0 Å². The topological polar surface area (TPSA) is 149 Å². The number of amidine groups is 1. The maximum Gasteiger partial charge on any atom is 0.132 e. The molecule has 0 aliphatic carbocycles. The van der Waals surface area contributed by atoms with Crippen LogP contribution in [0.25, 0.3) is 0 Å². The van der Waals surface area contributed by atoms with Gasteiger partial charge in [-0.05, 0) is 12.2 Å². The maximum absolute atomic E-state index is 9.89. The van der Waals surface area contributed by atoms with Gasteiger partial charge in [-0.2, -0.15) is 11.8 Å². The van der Waals surface area contributed by atoms with E-state index >= 15 is 0 Å². The third-order valence-electron chi connectivity index (χ3n) is 3.24. The summed E-state index contributed by atoms with van der Waals surface area (Å²) in [5.41, 5.74) is 4.99. The van der Waals surface area contributed by atoms with Crippen LogP contribution in [0.5, 0.6) is 0 Å². The van der Waals surface area contributed by atoms with Gasteiger partial charge in [0.2, 0.25) is 0 Å². The Morgan fingerprint density at radius 1 is 1.09 bits per heavy atom. The lowest BCUT2D eigenvalue weighted by Gasteiger charge is -2.39. The Bertz CT molecular complexity index is 361. The zero-order valence-corrected chi connectivity index (χ0v) is 14.5. The van der Waals surface area contributed by atoms with Crippen LogP contribution in [0.2, 0.25) is 0 Å². The number of aliphatic hydroxyl groups is 5. The second-order valence-corrected chi connectivity index (χ2v) is 7.38. The monoisotopic (exact) mass is 370 g/mol. The number of nitrogens with zero attached hydrogens (tertiary/aromatic N) is 1. The summed E-state index contributed by atoms with van der Waals surface area (Å²) in [5, 5.41) is 47.0. The van der Waals surface area contributed by atoms with Crippen LogP contribution in [0.4, 0.5) is 0 Å². The van der Waals surface area contributed by atoms with E-state index in [2.05, 4.69) is 4.99 Å². The molecule has 5 atom stereocenters. The Labute approximate surface area is 144 Å². The molecule has 1 rings (SSSR count). The number of rotatable bonds is 10. The molecule has 0 aromatic rings. The SMILES string of the molecule is NC(CSC1O[C@H](CO)[C@@H](O)[C@H](O)[C@@H]1O)=NCCSCCCO. The maximum atomic E-state index is 9.89. The highest BCUT2D eigenvalue weighted by Gasteiger charge is 2.43. The molecule has 1 aliphatic heterocycles. The Hall–Kier alpha value is -0.0700. The minimum atomic E-state index is -1.38. The summed E-state index contributed by atoms with van der Waals surface area (Å²) in [6, 6.07) is 0. The third kappa shape index (κ3) is 7.14. The summed E-state index contributed by atoms with van der Waals surface area (Å²) < 4.78 is 5.37. The molecule has 1 unspecified atom stereocenters. The molecule has 0 aromatic carbocycles. The van der Waals surface area contributed by atoms with Crippen LogP contribution in [0.1, 0.15) is 6.42 Å². The lowest BCUT2D eigenvalue weighted by atomic mass is 10.0. The lowest BCUT2D eigenvalue weighted by Crippen LogP contribution is -2.57. The molecular formula is C13H26N2O6S2. The fourth-order valence-electron chi connectivity index (χ4n) is 1.94. The van der Waals surface area contributed by atoms with Gasteiger partial charge in [-0.1, -0.05) is 0 Å². The van der Waals surface area contributed by atoms with Crippen molar-refractivity contribution in [2.45, 2.75) is 36.3 Å². The Morgan fingerprint density at radius 2 is 1.83 bits per heavy atom. The lowest BCUT2D eigenvalue weighted by molar-refractivity contribution is -0.205. The van der Waals surface area contributed by atoms with E-state index in [9.17, 15) is 15.3 Å². The van der Waals surface area contributed by atoms with Gasteiger partial charge in [0.05, 0.1) is 12.4 Å². The molecule has 0 radical (unpaired) electrons. The van der Waals surface area contributed by atoms with Gasteiger partial charge < -0.3 is 36.0 Å². The molecule has 7 N–H and O–H groups in total. The van der Waals surface area contributed by atoms with Crippen LogP contribution in [0, 0.1) is 0 Å². The van der Waals surface area contributed by atoms with Gasteiger partial charge in [0.25, 0.3) is 0 Å². The summed E-state index contributed by atoms with van der Waals surface area (Å²) in [6.07, 6.45) is -4.14. The first-order valence-corrected chi connectivity index (χ1v) is 9.61. The molecule has 1 fully saturated rings. The quantitative estimate of drug-likeness (QED) is 0.146. The molecule has 23 heavy (non-hydrogen) atoms. The summed E-state index contributed by atoms with van der Waals surface area (Å²) in [4.78, 5) is 4.20. The molecule has 0 amide bonds. The first kappa shape index (κ1) is 21.0. The van der Waals surface area contributed by atoms with Crippen molar-refractivity contribution >= 4 is 29.4 Å². The number of hydrogen-bond donors (Lipinski definition) is 6. The number of thioether (sulfide) groups is 2. The van der Waals surface area contributed by atoms with Crippen molar-refractivity contribution in [2.24, 2.45) is 10.7 Å². The minimum absolute atomic E-state index is 0.189. The van der Waals surface area contributed by atoms with Gasteiger partial charge in [-0.25, -0.2) is 0 Å². The van der Waals surface area contributed by atoms with E-state index in [1.165, 1.54) is 0 Å². The molecule has 8 nitrogen and oxygen atoms in total. The molecule has 0 bridgehead atoms. The predicted octanol–water partition coefficient (Wildman–Crippen LogP) is -2.01. The van der Waals surface area contributed by atoms with Gasteiger partial charge in [-0.15, -0.1) is 11.8 Å². The van der Waals surface area contributed by atoms with Crippen LogP contribution in [-0.4, -0.2) is 98.2 Å². The number of aliphatic imine (C=N–C) groups is 1. The van der Waals surface area contributed by atoms with E-state index in [1.807, 2.05) is 0 Å². The van der Waals surface area contributed by atoms with Gasteiger partial charge in [0.1, 0.15) is 35.7 Å². The fourth-order valence-corrected chi connectivity index (χ4v) is 3.70. The normalized spacial score (nSPS) is 32.2. The van der Waals surface area contributed by atoms with E-state index < -0.39 is 36.5 Å². The second-order valence-electron chi connectivity index (χ2n) is 5.07. The van der Waals surface area contributed by atoms with E-state index in [-0.39, 0.29) is 6.61 Å². The molecule has 10 heteroatoms. The highest BCUT2D eigenvalue weighted by Crippen LogP contribution is 2.28. The van der Waals surface area contributed by atoms with Crippen molar-refractivity contribution in [2.75, 3.05) is 37.0 Å². The zero-order chi connectivity index (χ0) is 17.2. The summed E-state index contributed by atoms with van der Waals surface area (Å²) in [7, 11) is 0. The third-order valence-corrected chi connectivity index (χ3v) is 5.47. The van der Waals surface area contributed by atoms with Gasteiger partial charge in [0, 0.05) is 18.9 Å². The minimum Gasteiger partial charge on any atom is -0.396 e. The average Bonchev–Trinajstić information content (AvgIpc) is 2.55. The highest BCUT2D eigenvalue weighted by molar-refractivity contribution is 8.00. The zero-order valence-electron chi connectivity index (χ0n) is 12.8. The summed E-state index contributed by atoms with van der Waals surface area (Å²) in [5.74, 6) is 2.40. The molecule has 1 aliphatic rings. The van der Waals surface area contributed by atoms with Crippen LogP contribution < -0.4 is 5.73 Å². The van der Waals surface area contributed by atoms with E-state index in [4.69, 9.17) is 20.7 Å². The second kappa shape index (κ2) is 11.5. The molecule has 1 heterocycles. The van der Waals surface area contributed by atoms with Gasteiger partial charge in [0.15, 0.2) is 0 Å². The van der Waals surface area contributed by atoms with Gasteiger partial charge >= 0.3 is 0 Å². The molecule has 0 saturated carbocycles. The summed E-state index contributed by atoms with van der Waals surface area (Å²) in [6.45, 7) is 0.307. The number of ether oxygens (including phenoxy) is 1. The highest BCUT2D eigenvalue weighted by atomic mass is 32.2. The Kier molecular flexibility index (Phi) is 10.5. The Balaban J connectivity index is 2.32. The predicted molar refractivity (Wildman–Crippen MR) is 91.7 cm³/mol.